The Morgan fingerprint density at radius 1 is 1.09 bits per heavy atom. The highest BCUT2D eigenvalue weighted by atomic mass is 16.5. The minimum atomic E-state index is -0.0365. The maximum Gasteiger partial charge on any atom is 0.228 e. The SMILES string of the molecule is [C-]#[N+]c1ccc2c(c1)C1=C(C2)c2ccc(OC)cc2NC(=O)C1. The number of amides is 1. The fourth-order valence-electron chi connectivity index (χ4n) is 3.36. The number of carbonyl (C=O) groups is 1. The molecule has 1 aliphatic heterocycles. The van der Waals surface area contributed by atoms with Crippen molar-refractivity contribution in [1.29, 1.82) is 0 Å². The topological polar surface area (TPSA) is 42.7 Å². The molecule has 0 unspecified atom stereocenters. The van der Waals surface area contributed by atoms with Crippen LogP contribution < -0.4 is 10.1 Å². The van der Waals surface area contributed by atoms with Gasteiger partial charge in [-0.1, -0.05) is 12.1 Å². The Labute approximate surface area is 134 Å². The first-order valence-electron chi connectivity index (χ1n) is 7.40. The van der Waals surface area contributed by atoms with Gasteiger partial charge in [0.1, 0.15) is 5.75 Å². The summed E-state index contributed by atoms with van der Waals surface area (Å²) in [5, 5.41) is 2.96. The van der Waals surface area contributed by atoms with Gasteiger partial charge in [0, 0.05) is 11.6 Å². The molecule has 0 spiro atoms. The number of anilines is 1. The molecule has 0 saturated carbocycles. The van der Waals surface area contributed by atoms with Crippen LogP contribution in [0.3, 0.4) is 0 Å². The third kappa shape index (κ3) is 2.09. The number of nitrogens with one attached hydrogen (secondary N) is 1. The number of benzene rings is 2. The van der Waals surface area contributed by atoms with Crippen LogP contribution in [0.25, 0.3) is 16.0 Å². The van der Waals surface area contributed by atoms with Crippen molar-refractivity contribution in [2.45, 2.75) is 12.8 Å². The largest absolute Gasteiger partial charge is 0.497 e. The zero-order valence-corrected chi connectivity index (χ0v) is 12.6. The Morgan fingerprint density at radius 3 is 2.70 bits per heavy atom. The van der Waals surface area contributed by atoms with Gasteiger partial charge >= 0.3 is 0 Å². The van der Waals surface area contributed by atoms with Crippen LogP contribution in [-0.2, 0) is 11.2 Å². The van der Waals surface area contributed by atoms with E-state index < -0.39 is 0 Å². The molecule has 0 saturated heterocycles. The first-order chi connectivity index (χ1) is 11.2. The third-order valence-corrected chi connectivity index (χ3v) is 4.44. The second kappa shape index (κ2) is 4.99. The average Bonchev–Trinajstić information content (AvgIpc) is 2.85. The summed E-state index contributed by atoms with van der Waals surface area (Å²) in [4.78, 5) is 15.8. The van der Waals surface area contributed by atoms with E-state index in [-0.39, 0.29) is 5.91 Å². The minimum Gasteiger partial charge on any atom is -0.497 e. The highest BCUT2D eigenvalue weighted by Gasteiger charge is 2.28. The Hall–Kier alpha value is -3.06. The predicted molar refractivity (Wildman–Crippen MR) is 89.5 cm³/mol. The van der Waals surface area contributed by atoms with Gasteiger partial charge in [0.15, 0.2) is 5.69 Å². The van der Waals surface area contributed by atoms with E-state index in [4.69, 9.17) is 11.3 Å². The number of carbonyl (C=O) groups excluding carboxylic acids is 1. The zero-order chi connectivity index (χ0) is 16.0. The maximum absolute atomic E-state index is 12.3. The smallest absolute Gasteiger partial charge is 0.228 e. The van der Waals surface area contributed by atoms with E-state index in [0.29, 0.717) is 12.1 Å². The summed E-state index contributed by atoms with van der Waals surface area (Å²) in [5.74, 6) is 0.685. The molecule has 4 nitrogen and oxygen atoms in total. The lowest BCUT2D eigenvalue weighted by Gasteiger charge is -2.11. The van der Waals surface area contributed by atoms with Crippen LogP contribution in [0, 0.1) is 6.57 Å². The minimum absolute atomic E-state index is 0.0365. The number of fused-ring (bicyclic) bond motifs is 4. The molecule has 2 aromatic rings. The summed E-state index contributed by atoms with van der Waals surface area (Å²) < 4.78 is 5.26. The van der Waals surface area contributed by atoms with Crippen molar-refractivity contribution in [2.24, 2.45) is 0 Å². The summed E-state index contributed by atoms with van der Waals surface area (Å²) >= 11 is 0. The van der Waals surface area contributed by atoms with Crippen LogP contribution in [-0.4, -0.2) is 13.0 Å². The lowest BCUT2D eigenvalue weighted by Crippen LogP contribution is -2.11. The number of nitrogens with zero attached hydrogens (tertiary/aromatic N) is 1. The number of hydrogen-bond acceptors (Lipinski definition) is 2. The molecule has 0 aromatic heterocycles. The fourth-order valence-corrected chi connectivity index (χ4v) is 3.36. The first-order valence-corrected chi connectivity index (χ1v) is 7.40. The molecule has 0 bridgehead atoms. The van der Waals surface area contributed by atoms with Crippen molar-refractivity contribution >= 4 is 28.4 Å². The molecule has 4 rings (SSSR count). The molecule has 4 heteroatoms. The second-order valence-electron chi connectivity index (χ2n) is 5.72. The van der Waals surface area contributed by atoms with Gasteiger partial charge in [-0.25, -0.2) is 4.85 Å². The monoisotopic (exact) mass is 302 g/mol. The van der Waals surface area contributed by atoms with Crippen LogP contribution in [0.15, 0.2) is 36.4 Å². The normalized spacial score (nSPS) is 15.0. The van der Waals surface area contributed by atoms with E-state index in [9.17, 15) is 4.79 Å². The van der Waals surface area contributed by atoms with Gasteiger partial charge in [-0.3, -0.25) is 4.79 Å². The van der Waals surface area contributed by atoms with E-state index in [1.807, 2.05) is 36.4 Å². The Bertz CT molecular complexity index is 919. The molecule has 1 heterocycles. The highest BCUT2D eigenvalue weighted by molar-refractivity contribution is 6.12. The molecule has 0 fully saturated rings. The van der Waals surface area contributed by atoms with Crippen LogP contribution in [0.5, 0.6) is 5.75 Å². The first kappa shape index (κ1) is 13.6. The van der Waals surface area contributed by atoms with Crippen LogP contribution in [0.1, 0.15) is 23.1 Å². The van der Waals surface area contributed by atoms with Crippen molar-refractivity contribution in [1.82, 2.24) is 0 Å². The quantitative estimate of drug-likeness (QED) is 0.807. The van der Waals surface area contributed by atoms with Gasteiger partial charge in [-0.2, -0.15) is 0 Å². The number of methoxy groups -OCH3 is 1. The lowest BCUT2D eigenvalue weighted by atomic mass is 9.98. The van der Waals surface area contributed by atoms with Crippen molar-refractivity contribution in [3.05, 3.63) is 64.5 Å². The fraction of sp³-hybridized carbons (Fsp3) is 0.158. The van der Waals surface area contributed by atoms with Crippen molar-refractivity contribution < 1.29 is 9.53 Å². The van der Waals surface area contributed by atoms with E-state index in [2.05, 4.69) is 10.2 Å². The van der Waals surface area contributed by atoms with Crippen LogP contribution >= 0.6 is 0 Å². The summed E-state index contributed by atoms with van der Waals surface area (Å²) in [6.07, 6.45) is 1.12. The second-order valence-corrected chi connectivity index (χ2v) is 5.72. The summed E-state index contributed by atoms with van der Waals surface area (Å²) in [6, 6.07) is 11.5. The summed E-state index contributed by atoms with van der Waals surface area (Å²) in [7, 11) is 1.61. The van der Waals surface area contributed by atoms with Gasteiger partial charge in [-0.15, -0.1) is 0 Å². The molecule has 2 aromatic carbocycles. The van der Waals surface area contributed by atoms with Gasteiger partial charge in [0.25, 0.3) is 0 Å². The number of hydrogen-bond donors (Lipinski definition) is 1. The molecule has 0 atom stereocenters. The molecule has 112 valence electrons. The van der Waals surface area contributed by atoms with Crippen LogP contribution in [0.4, 0.5) is 11.4 Å². The standard InChI is InChI=1S/C19H14N2O2/c1-20-12-4-3-11-7-16-14-6-5-13(23-2)9-18(14)21-19(22)10-17(16)15(11)8-12/h3-6,8-9H,7,10H2,2H3,(H,21,22). The van der Waals surface area contributed by atoms with Crippen LogP contribution in [0.2, 0.25) is 0 Å². The van der Waals surface area contributed by atoms with Crippen molar-refractivity contribution in [3.63, 3.8) is 0 Å². The molecule has 0 radical (unpaired) electrons. The van der Waals surface area contributed by atoms with Crippen molar-refractivity contribution in [3.8, 4) is 5.75 Å². The van der Waals surface area contributed by atoms with E-state index >= 15 is 0 Å². The van der Waals surface area contributed by atoms with Crippen molar-refractivity contribution in [2.75, 3.05) is 12.4 Å². The van der Waals surface area contributed by atoms with Gasteiger partial charge in [-0.05, 0) is 46.9 Å². The average molecular weight is 302 g/mol. The van der Waals surface area contributed by atoms with Gasteiger partial charge in [0.05, 0.1) is 25.8 Å². The van der Waals surface area contributed by atoms with Gasteiger partial charge in [0.2, 0.25) is 5.91 Å². The molecular weight excluding hydrogens is 288 g/mol. The van der Waals surface area contributed by atoms with E-state index in [1.165, 1.54) is 5.56 Å². The van der Waals surface area contributed by atoms with E-state index in [1.54, 1.807) is 7.11 Å². The lowest BCUT2D eigenvalue weighted by molar-refractivity contribution is -0.115. The Balaban J connectivity index is 1.92. The molecular formula is C19H14N2O2. The Kier molecular flexibility index (Phi) is 2.95. The number of ether oxygens (including phenoxy) is 1. The number of allylic oxidation sites excluding steroid dienone is 1. The highest BCUT2D eigenvalue weighted by Crippen LogP contribution is 2.45. The molecule has 1 N–H and O–H groups in total. The maximum atomic E-state index is 12.3. The van der Waals surface area contributed by atoms with E-state index in [0.717, 1.165) is 40.1 Å². The molecule has 2 aliphatic rings. The summed E-state index contributed by atoms with van der Waals surface area (Å²) in [5.41, 5.74) is 6.85. The third-order valence-electron chi connectivity index (χ3n) is 4.44. The molecule has 23 heavy (non-hydrogen) atoms. The predicted octanol–water partition coefficient (Wildman–Crippen LogP) is 4.06. The molecule has 1 amide bonds. The number of rotatable bonds is 1. The zero-order valence-electron chi connectivity index (χ0n) is 12.6. The Morgan fingerprint density at radius 2 is 1.91 bits per heavy atom. The summed E-state index contributed by atoms with van der Waals surface area (Å²) in [6.45, 7) is 7.20. The molecule has 1 aliphatic carbocycles. The van der Waals surface area contributed by atoms with Gasteiger partial charge < -0.3 is 10.1 Å².